The highest BCUT2D eigenvalue weighted by molar-refractivity contribution is 7.07. The molecule has 0 fully saturated rings. The number of thiophene rings is 1. The first kappa shape index (κ1) is 16.5. The highest BCUT2D eigenvalue weighted by Gasteiger charge is 2.21. The highest BCUT2D eigenvalue weighted by atomic mass is 32.1. The predicted molar refractivity (Wildman–Crippen MR) is 85.3 cm³/mol. The zero-order valence-electron chi connectivity index (χ0n) is 12.3. The molecule has 0 bridgehead atoms. The van der Waals surface area contributed by atoms with Crippen LogP contribution in [0.1, 0.15) is 18.1 Å². The third kappa shape index (κ3) is 5.46. The van der Waals surface area contributed by atoms with Crippen molar-refractivity contribution in [2.24, 2.45) is 0 Å². The summed E-state index contributed by atoms with van der Waals surface area (Å²) in [5, 5.41) is 19.5. The zero-order chi connectivity index (χ0) is 16.0. The van der Waals surface area contributed by atoms with Gasteiger partial charge in [-0.25, -0.2) is 9.18 Å². The molecule has 0 aliphatic rings. The van der Waals surface area contributed by atoms with E-state index in [-0.39, 0.29) is 18.4 Å². The summed E-state index contributed by atoms with van der Waals surface area (Å²) in [4.78, 5) is 11.7. The van der Waals surface area contributed by atoms with Crippen molar-refractivity contribution in [3.8, 4) is 0 Å². The summed E-state index contributed by atoms with van der Waals surface area (Å²) in [7, 11) is 0. The molecule has 0 spiro atoms. The van der Waals surface area contributed by atoms with Crippen molar-refractivity contribution in [3.63, 3.8) is 0 Å². The molecule has 4 nitrogen and oxygen atoms in total. The number of rotatable bonds is 6. The second-order valence-corrected chi connectivity index (χ2v) is 6.25. The Morgan fingerprint density at radius 3 is 2.59 bits per heavy atom. The Labute approximate surface area is 133 Å². The molecule has 1 unspecified atom stereocenters. The van der Waals surface area contributed by atoms with Gasteiger partial charge in [0.2, 0.25) is 0 Å². The Morgan fingerprint density at radius 2 is 1.95 bits per heavy atom. The first-order chi connectivity index (χ1) is 10.4. The number of carbonyl (C=O) groups excluding carboxylic acids is 1. The van der Waals surface area contributed by atoms with Crippen LogP contribution in [0.25, 0.3) is 0 Å². The molecule has 1 atom stereocenters. The fourth-order valence-corrected chi connectivity index (χ4v) is 2.68. The standard InChI is InChI=1S/C16H19FN2O2S/c1-16(21,8-13-6-7-22-10-13)11-19-15(20)18-9-12-2-4-14(17)5-3-12/h2-7,10,21H,8-9,11H2,1H3,(H2,18,19,20). The molecule has 118 valence electrons. The molecule has 22 heavy (non-hydrogen) atoms. The Kier molecular flexibility index (Phi) is 5.51. The maximum absolute atomic E-state index is 12.8. The average molecular weight is 322 g/mol. The van der Waals surface area contributed by atoms with E-state index in [2.05, 4.69) is 10.6 Å². The van der Waals surface area contributed by atoms with Gasteiger partial charge in [0, 0.05) is 19.5 Å². The minimum atomic E-state index is -1.01. The van der Waals surface area contributed by atoms with Crippen LogP contribution >= 0.6 is 11.3 Å². The van der Waals surface area contributed by atoms with E-state index in [9.17, 15) is 14.3 Å². The third-order valence-electron chi connectivity index (χ3n) is 3.16. The van der Waals surface area contributed by atoms with Gasteiger partial charge >= 0.3 is 6.03 Å². The van der Waals surface area contributed by atoms with Gasteiger partial charge in [-0.15, -0.1) is 0 Å². The fraction of sp³-hybridized carbons (Fsp3) is 0.312. The molecule has 0 aliphatic heterocycles. The molecule has 2 aromatic rings. The summed E-state index contributed by atoms with van der Waals surface area (Å²) in [6, 6.07) is 7.51. The Balaban J connectivity index is 1.73. The lowest BCUT2D eigenvalue weighted by Crippen LogP contribution is -2.45. The van der Waals surface area contributed by atoms with Crippen molar-refractivity contribution in [2.45, 2.75) is 25.5 Å². The lowest BCUT2D eigenvalue weighted by Gasteiger charge is -2.23. The van der Waals surface area contributed by atoms with E-state index in [0.717, 1.165) is 11.1 Å². The van der Waals surface area contributed by atoms with E-state index in [1.165, 1.54) is 12.1 Å². The van der Waals surface area contributed by atoms with Gasteiger partial charge in [0.15, 0.2) is 0 Å². The van der Waals surface area contributed by atoms with Gasteiger partial charge in [0.25, 0.3) is 0 Å². The topological polar surface area (TPSA) is 61.4 Å². The van der Waals surface area contributed by atoms with Gasteiger partial charge in [0.05, 0.1) is 5.60 Å². The molecule has 2 amide bonds. The van der Waals surface area contributed by atoms with E-state index >= 15 is 0 Å². The van der Waals surface area contributed by atoms with Crippen LogP contribution in [0.2, 0.25) is 0 Å². The molecule has 0 saturated carbocycles. The molecule has 0 radical (unpaired) electrons. The number of carbonyl (C=O) groups is 1. The molecular weight excluding hydrogens is 303 g/mol. The Hall–Kier alpha value is -1.92. The van der Waals surface area contributed by atoms with Crippen LogP contribution in [0.15, 0.2) is 41.1 Å². The van der Waals surface area contributed by atoms with Gasteiger partial charge in [-0.2, -0.15) is 11.3 Å². The first-order valence-electron chi connectivity index (χ1n) is 6.94. The second kappa shape index (κ2) is 7.38. The van der Waals surface area contributed by atoms with Gasteiger partial charge in [-0.3, -0.25) is 0 Å². The Morgan fingerprint density at radius 1 is 1.23 bits per heavy atom. The number of nitrogens with one attached hydrogen (secondary N) is 2. The number of hydrogen-bond acceptors (Lipinski definition) is 3. The van der Waals surface area contributed by atoms with E-state index in [0.29, 0.717) is 13.0 Å². The summed E-state index contributed by atoms with van der Waals surface area (Å²) in [5.41, 5.74) is 0.846. The van der Waals surface area contributed by atoms with Crippen molar-refractivity contribution >= 4 is 17.4 Å². The van der Waals surface area contributed by atoms with E-state index in [1.54, 1.807) is 30.4 Å². The lowest BCUT2D eigenvalue weighted by atomic mass is 9.98. The third-order valence-corrected chi connectivity index (χ3v) is 3.89. The molecular formula is C16H19FN2O2S. The highest BCUT2D eigenvalue weighted by Crippen LogP contribution is 2.15. The number of amides is 2. The van der Waals surface area contributed by atoms with Gasteiger partial charge in [-0.1, -0.05) is 12.1 Å². The van der Waals surface area contributed by atoms with Crippen molar-refractivity contribution in [1.29, 1.82) is 0 Å². The SMILES string of the molecule is CC(O)(CNC(=O)NCc1ccc(F)cc1)Cc1ccsc1. The van der Waals surface area contributed by atoms with Crippen LogP contribution in [-0.2, 0) is 13.0 Å². The molecule has 1 heterocycles. The molecule has 6 heteroatoms. The maximum atomic E-state index is 12.8. The summed E-state index contributed by atoms with van der Waals surface area (Å²) in [5.74, 6) is -0.308. The molecule has 1 aromatic heterocycles. The summed E-state index contributed by atoms with van der Waals surface area (Å²) < 4.78 is 12.8. The second-order valence-electron chi connectivity index (χ2n) is 5.47. The van der Waals surface area contributed by atoms with Crippen LogP contribution in [0.4, 0.5) is 9.18 Å². The van der Waals surface area contributed by atoms with Crippen molar-refractivity contribution in [3.05, 3.63) is 58.0 Å². The number of benzene rings is 1. The van der Waals surface area contributed by atoms with Gasteiger partial charge in [-0.05, 0) is 47.0 Å². The molecule has 0 saturated heterocycles. The molecule has 0 aliphatic carbocycles. The predicted octanol–water partition coefficient (Wildman–Crippen LogP) is 2.68. The number of halogens is 1. The maximum Gasteiger partial charge on any atom is 0.315 e. The molecule has 2 rings (SSSR count). The van der Waals surface area contributed by atoms with Crippen LogP contribution in [0.3, 0.4) is 0 Å². The van der Waals surface area contributed by atoms with E-state index < -0.39 is 5.60 Å². The summed E-state index contributed by atoms with van der Waals surface area (Å²) in [6.07, 6.45) is 0.481. The van der Waals surface area contributed by atoms with Crippen LogP contribution in [0, 0.1) is 5.82 Å². The number of aliphatic hydroxyl groups is 1. The van der Waals surface area contributed by atoms with Crippen LogP contribution in [-0.4, -0.2) is 23.3 Å². The van der Waals surface area contributed by atoms with Crippen molar-refractivity contribution in [1.82, 2.24) is 10.6 Å². The minimum Gasteiger partial charge on any atom is -0.388 e. The fourth-order valence-electron chi connectivity index (χ4n) is 2.01. The normalized spacial score (nSPS) is 13.4. The van der Waals surface area contributed by atoms with Crippen molar-refractivity contribution in [2.75, 3.05) is 6.54 Å². The first-order valence-corrected chi connectivity index (χ1v) is 7.88. The number of hydrogen-bond donors (Lipinski definition) is 3. The molecule has 3 N–H and O–H groups in total. The molecule has 1 aromatic carbocycles. The smallest absolute Gasteiger partial charge is 0.315 e. The van der Waals surface area contributed by atoms with Crippen LogP contribution < -0.4 is 10.6 Å². The van der Waals surface area contributed by atoms with Crippen molar-refractivity contribution < 1.29 is 14.3 Å². The van der Waals surface area contributed by atoms with Crippen LogP contribution in [0.5, 0.6) is 0 Å². The zero-order valence-corrected chi connectivity index (χ0v) is 13.1. The van der Waals surface area contributed by atoms with Gasteiger partial charge < -0.3 is 15.7 Å². The monoisotopic (exact) mass is 322 g/mol. The summed E-state index contributed by atoms with van der Waals surface area (Å²) in [6.45, 7) is 2.14. The van der Waals surface area contributed by atoms with Gasteiger partial charge in [0.1, 0.15) is 5.82 Å². The average Bonchev–Trinajstić information content (AvgIpc) is 2.97. The quantitative estimate of drug-likeness (QED) is 0.766. The largest absolute Gasteiger partial charge is 0.388 e. The van der Waals surface area contributed by atoms with E-state index in [1.807, 2.05) is 16.8 Å². The van der Waals surface area contributed by atoms with E-state index in [4.69, 9.17) is 0 Å². The lowest BCUT2D eigenvalue weighted by molar-refractivity contribution is 0.0625. The summed E-state index contributed by atoms with van der Waals surface area (Å²) >= 11 is 1.57. The Bertz CT molecular complexity index is 597. The number of urea groups is 1. The minimum absolute atomic E-state index is 0.151.